The molecule has 4 rings (SSSR count). The van der Waals surface area contributed by atoms with Crippen molar-refractivity contribution in [1.29, 1.82) is 0 Å². The lowest BCUT2D eigenvalue weighted by molar-refractivity contribution is 0.0319. The maximum atomic E-state index is 2.62. The van der Waals surface area contributed by atoms with Crippen molar-refractivity contribution in [3.05, 3.63) is 34.9 Å². The van der Waals surface area contributed by atoms with Crippen molar-refractivity contribution in [2.45, 2.75) is 93.4 Å². The molecular formula is C25H42. The third-order valence-electron chi connectivity index (χ3n) is 7.84. The van der Waals surface area contributed by atoms with Crippen LogP contribution in [0.3, 0.4) is 0 Å². The number of hydrogen-bond acceptors (Lipinski definition) is 0. The van der Waals surface area contributed by atoms with E-state index in [1.165, 1.54) is 37.7 Å². The molecule has 1 aromatic rings. The zero-order chi connectivity index (χ0) is 18.8. The molecule has 0 N–H and O–H groups in total. The number of hydrogen-bond donors (Lipinski definition) is 0. The Balaban J connectivity index is 0.000000528. The van der Waals surface area contributed by atoms with Gasteiger partial charge in [-0.2, -0.15) is 0 Å². The highest BCUT2D eigenvalue weighted by Crippen LogP contribution is 2.64. The fourth-order valence-corrected chi connectivity index (χ4v) is 6.32. The quantitative estimate of drug-likeness (QED) is 0.451. The first kappa shape index (κ1) is 20.5. The molecule has 3 aliphatic carbocycles. The summed E-state index contributed by atoms with van der Waals surface area (Å²) in [6.45, 7) is 17.9. The van der Waals surface area contributed by atoms with Crippen LogP contribution in [0.25, 0.3) is 0 Å². The van der Waals surface area contributed by atoms with Crippen molar-refractivity contribution >= 4 is 0 Å². The van der Waals surface area contributed by atoms with Crippen LogP contribution in [0, 0.1) is 36.0 Å². The van der Waals surface area contributed by atoms with Crippen LogP contribution in [0.5, 0.6) is 0 Å². The maximum absolute atomic E-state index is 2.62. The van der Waals surface area contributed by atoms with Gasteiger partial charge < -0.3 is 0 Å². The highest BCUT2D eigenvalue weighted by atomic mass is 14.6. The minimum Gasteiger partial charge on any atom is -0.0683 e. The molecule has 0 amide bonds. The summed E-state index contributed by atoms with van der Waals surface area (Å²) in [6.07, 6.45) is 7.15. The Hall–Kier alpha value is -0.780. The predicted octanol–water partition coefficient (Wildman–Crippen LogP) is 7.79. The normalized spacial score (nSPS) is 38.2. The van der Waals surface area contributed by atoms with Crippen LogP contribution in [0.4, 0.5) is 0 Å². The molecule has 0 spiro atoms. The first-order chi connectivity index (χ1) is 12.0. The van der Waals surface area contributed by atoms with Gasteiger partial charge in [-0.3, -0.25) is 0 Å². The van der Waals surface area contributed by atoms with E-state index in [9.17, 15) is 0 Å². The zero-order valence-corrected chi connectivity index (χ0v) is 18.2. The Labute approximate surface area is 157 Å². The van der Waals surface area contributed by atoms with Gasteiger partial charge in [0.25, 0.3) is 0 Å². The van der Waals surface area contributed by atoms with E-state index in [4.69, 9.17) is 0 Å². The number of fused-ring (bicyclic) bond motifs is 5. The van der Waals surface area contributed by atoms with Gasteiger partial charge in [-0.25, -0.2) is 0 Å². The average molecular weight is 343 g/mol. The van der Waals surface area contributed by atoms with Crippen LogP contribution in [0.2, 0.25) is 0 Å². The molecule has 0 aliphatic heterocycles. The Kier molecular flexibility index (Phi) is 6.80. The van der Waals surface area contributed by atoms with E-state index in [-0.39, 0.29) is 0 Å². The molecule has 0 bridgehead atoms. The third kappa shape index (κ3) is 3.43. The van der Waals surface area contributed by atoms with Gasteiger partial charge in [0, 0.05) is 0 Å². The predicted molar refractivity (Wildman–Crippen MR) is 112 cm³/mol. The molecule has 0 radical (unpaired) electrons. The summed E-state index contributed by atoms with van der Waals surface area (Å²) < 4.78 is 0. The van der Waals surface area contributed by atoms with Gasteiger partial charge in [-0.05, 0) is 85.2 Å². The monoisotopic (exact) mass is 342 g/mol. The Morgan fingerprint density at radius 3 is 2.36 bits per heavy atom. The van der Waals surface area contributed by atoms with Crippen molar-refractivity contribution in [1.82, 2.24) is 0 Å². The molecule has 2 fully saturated rings. The van der Waals surface area contributed by atoms with Crippen LogP contribution >= 0.6 is 0 Å². The van der Waals surface area contributed by atoms with E-state index in [2.05, 4.69) is 45.9 Å². The van der Waals surface area contributed by atoms with Crippen LogP contribution < -0.4 is 0 Å². The SMILES string of the molecule is CC.CC.Cc1ccc2c(c1)CCC1C2CCC2(C)C(C)C(C)CC12. The summed E-state index contributed by atoms with van der Waals surface area (Å²) >= 11 is 0. The third-order valence-corrected chi connectivity index (χ3v) is 7.84. The molecule has 142 valence electrons. The van der Waals surface area contributed by atoms with E-state index in [1.807, 2.05) is 27.7 Å². The topological polar surface area (TPSA) is 0 Å². The second-order valence-electron chi connectivity index (χ2n) is 8.66. The van der Waals surface area contributed by atoms with Crippen LogP contribution in [-0.4, -0.2) is 0 Å². The molecule has 0 saturated heterocycles. The number of benzene rings is 1. The molecule has 0 nitrogen and oxygen atoms in total. The Morgan fingerprint density at radius 2 is 1.68 bits per heavy atom. The smallest absolute Gasteiger partial charge is 0.0128 e. The number of rotatable bonds is 0. The summed E-state index contributed by atoms with van der Waals surface area (Å²) in [4.78, 5) is 0. The fraction of sp³-hybridized carbons (Fsp3) is 0.760. The van der Waals surface area contributed by atoms with Gasteiger partial charge in [-0.15, -0.1) is 0 Å². The van der Waals surface area contributed by atoms with E-state index in [1.54, 1.807) is 11.1 Å². The molecule has 2 saturated carbocycles. The molecule has 25 heavy (non-hydrogen) atoms. The molecule has 0 heterocycles. The van der Waals surface area contributed by atoms with Crippen LogP contribution in [0.15, 0.2) is 18.2 Å². The molecule has 0 heteroatoms. The van der Waals surface area contributed by atoms with Gasteiger partial charge >= 0.3 is 0 Å². The molecule has 6 atom stereocenters. The summed E-state index contributed by atoms with van der Waals surface area (Å²) in [6, 6.07) is 7.26. The lowest BCUT2D eigenvalue weighted by Gasteiger charge is -2.50. The fourth-order valence-electron chi connectivity index (χ4n) is 6.32. The Bertz CT molecular complexity index is 557. The second-order valence-corrected chi connectivity index (χ2v) is 8.66. The largest absolute Gasteiger partial charge is 0.0683 e. The average Bonchev–Trinajstić information content (AvgIpc) is 2.88. The first-order valence-corrected chi connectivity index (χ1v) is 11.1. The van der Waals surface area contributed by atoms with Crippen molar-refractivity contribution in [3.63, 3.8) is 0 Å². The highest BCUT2D eigenvalue weighted by Gasteiger charge is 2.55. The van der Waals surface area contributed by atoms with Gasteiger partial charge in [0.2, 0.25) is 0 Å². The molecular weight excluding hydrogens is 300 g/mol. The van der Waals surface area contributed by atoms with Crippen molar-refractivity contribution in [3.8, 4) is 0 Å². The lowest BCUT2D eigenvalue weighted by Crippen LogP contribution is -2.41. The molecule has 3 aliphatic rings. The van der Waals surface area contributed by atoms with E-state index in [0.29, 0.717) is 5.41 Å². The number of aryl methyl sites for hydroxylation is 2. The zero-order valence-electron chi connectivity index (χ0n) is 18.2. The lowest BCUT2D eigenvalue weighted by atomic mass is 9.54. The summed E-state index contributed by atoms with van der Waals surface area (Å²) in [7, 11) is 0. The highest BCUT2D eigenvalue weighted by molar-refractivity contribution is 5.37. The van der Waals surface area contributed by atoms with Gasteiger partial charge in [0.15, 0.2) is 0 Å². The van der Waals surface area contributed by atoms with Crippen molar-refractivity contribution in [2.75, 3.05) is 0 Å². The van der Waals surface area contributed by atoms with Gasteiger partial charge in [-0.1, -0.05) is 72.2 Å². The maximum Gasteiger partial charge on any atom is -0.0128 e. The van der Waals surface area contributed by atoms with E-state index in [0.717, 1.165) is 29.6 Å². The minimum absolute atomic E-state index is 0.628. The first-order valence-electron chi connectivity index (χ1n) is 11.1. The van der Waals surface area contributed by atoms with Gasteiger partial charge in [0.1, 0.15) is 0 Å². The molecule has 1 aromatic carbocycles. The van der Waals surface area contributed by atoms with Crippen LogP contribution in [-0.2, 0) is 6.42 Å². The minimum atomic E-state index is 0.628. The molecule has 0 aromatic heterocycles. The standard InChI is InChI=1S/C21H30.2C2H6/c1-13-5-7-17-16(11-13)6-8-19-18(17)9-10-21(4)15(3)14(2)12-20(19)21;2*1-2/h5,7,11,14-15,18-20H,6,8-10,12H2,1-4H3;2*1-2H3. The van der Waals surface area contributed by atoms with Crippen molar-refractivity contribution < 1.29 is 0 Å². The second kappa shape index (κ2) is 8.28. The van der Waals surface area contributed by atoms with E-state index >= 15 is 0 Å². The summed E-state index contributed by atoms with van der Waals surface area (Å²) in [5, 5.41) is 0. The van der Waals surface area contributed by atoms with Gasteiger partial charge in [0.05, 0.1) is 0 Å². The van der Waals surface area contributed by atoms with Crippen LogP contribution in [0.1, 0.15) is 96.8 Å². The summed E-state index contributed by atoms with van der Waals surface area (Å²) in [5.41, 5.74) is 5.45. The molecule has 6 unspecified atom stereocenters. The Morgan fingerprint density at radius 1 is 1.00 bits per heavy atom. The summed E-state index contributed by atoms with van der Waals surface area (Å²) in [5.74, 6) is 4.66. The van der Waals surface area contributed by atoms with E-state index < -0.39 is 0 Å². The van der Waals surface area contributed by atoms with Crippen molar-refractivity contribution in [2.24, 2.45) is 29.1 Å².